The molecule has 2 aromatic carbocycles. The number of nitrogens with zero attached hydrogens (tertiary/aromatic N) is 1. The number of aryl methyl sites for hydroxylation is 1. The number of nitrogens with one attached hydrogen (secondary N) is 2. The van der Waals surface area contributed by atoms with Gasteiger partial charge in [-0.05, 0) is 48.4 Å². The van der Waals surface area contributed by atoms with Crippen LogP contribution in [0, 0.1) is 5.92 Å². The first kappa shape index (κ1) is 29.8. The zero-order valence-electron chi connectivity index (χ0n) is 22.4. The molecule has 1 fully saturated rings. The van der Waals surface area contributed by atoms with Crippen molar-refractivity contribution in [2.75, 3.05) is 6.54 Å². The van der Waals surface area contributed by atoms with Gasteiger partial charge in [0.25, 0.3) is 0 Å². The monoisotopic (exact) mass is 543 g/mol. The summed E-state index contributed by atoms with van der Waals surface area (Å²) in [5, 5.41) is 21.9. The summed E-state index contributed by atoms with van der Waals surface area (Å²) in [7, 11) is -5.81. The number of sulfonamides is 1. The molecule has 3 unspecified atom stereocenters. The molecule has 4 N–H and O–H groups in total. The number of benzene rings is 2. The third kappa shape index (κ3) is 6.28. The van der Waals surface area contributed by atoms with Crippen molar-refractivity contribution in [2.45, 2.75) is 75.8 Å². The minimum atomic E-state index is -4.04. The Hall–Kier alpha value is -2.73. The summed E-state index contributed by atoms with van der Waals surface area (Å²) in [6, 6.07) is 14.3. The Kier molecular flexibility index (Phi) is 9.75. The van der Waals surface area contributed by atoms with Crippen molar-refractivity contribution in [2.24, 2.45) is 5.92 Å². The van der Waals surface area contributed by atoms with Crippen molar-refractivity contribution in [3.63, 3.8) is 0 Å². The van der Waals surface area contributed by atoms with E-state index in [-0.39, 0.29) is 24.3 Å². The maximum atomic E-state index is 14.0. The van der Waals surface area contributed by atoms with Gasteiger partial charge < -0.3 is 20.3 Å². The average molecular weight is 543 g/mol. The Labute approximate surface area is 225 Å². The van der Waals surface area contributed by atoms with Crippen LogP contribution in [-0.4, -0.2) is 60.3 Å². The fourth-order valence-corrected chi connectivity index (χ4v) is 6.45. The second kappa shape index (κ2) is 12.4. The van der Waals surface area contributed by atoms with E-state index < -0.39 is 52.4 Å². The van der Waals surface area contributed by atoms with E-state index in [1.807, 2.05) is 6.92 Å². The van der Waals surface area contributed by atoms with Gasteiger partial charge in [0.05, 0.1) is 10.8 Å². The first-order valence-electron chi connectivity index (χ1n) is 13.1. The van der Waals surface area contributed by atoms with Gasteiger partial charge in [-0.25, -0.2) is 8.42 Å². The van der Waals surface area contributed by atoms with Crippen molar-refractivity contribution in [3.8, 4) is 0 Å². The third-order valence-corrected chi connectivity index (χ3v) is 8.79. The van der Waals surface area contributed by atoms with Crippen molar-refractivity contribution < 1.29 is 28.1 Å². The van der Waals surface area contributed by atoms with Crippen LogP contribution in [0.15, 0.2) is 59.5 Å². The predicted octanol–water partition coefficient (Wildman–Crippen LogP) is 2.19. The Morgan fingerprint density at radius 1 is 1.08 bits per heavy atom. The molecule has 9 nitrogen and oxygen atoms in total. The molecule has 38 heavy (non-hydrogen) atoms. The van der Waals surface area contributed by atoms with Crippen LogP contribution in [0.4, 0.5) is 0 Å². The average Bonchev–Trinajstić information content (AvgIpc) is 3.20. The second-order valence-corrected chi connectivity index (χ2v) is 11.8. The minimum Gasteiger partial charge on any atom is -0.426 e. The molecule has 0 aliphatic carbocycles. The summed E-state index contributed by atoms with van der Waals surface area (Å²) in [6.07, 6.45) is 2.22. The Balaban J connectivity index is 1.96. The third-order valence-electron chi connectivity index (χ3n) is 7.27. The van der Waals surface area contributed by atoms with Crippen LogP contribution >= 0.6 is 0 Å². The molecule has 0 saturated carbocycles. The van der Waals surface area contributed by atoms with Gasteiger partial charge in [-0.1, -0.05) is 76.6 Å². The number of amides is 2. The van der Waals surface area contributed by atoms with Gasteiger partial charge in [0.15, 0.2) is 0 Å². The summed E-state index contributed by atoms with van der Waals surface area (Å²) in [4.78, 5) is 29.0. The number of rotatable bonds is 12. The first-order valence-corrected chi connectivity index (χ1v) is 14.6. The van der Waals surface area contributed by atoms with E-state index in [0.29, 0.717) is 5.56 Å². The van der Waals surface area contributed by atoms with Crippen molar-refractivity contribution >= 4 is 29.0 Å². The highest BCUT2D eigenvalue weighted by Crippen LogP contribution is 2.37. The van der Waals surface area contributed by atoms with Crippen LogP contribution in [-0.2, 0) is 26.0 Å². The lowest BCUT2D eigenvalue weighted by Gasteiger charge is -2.35. The van der Waals surface area contributed by atoms with Crippen LogP contribution in [0.1, 0.15) is 64.1 Å². The molecular formula is C27H38BN3O6S. The van der Waals surface area contributed by atoms with Crippen molar-refractivity contribution in [1.29, 1.82) is 0 Å². The van der Waals surface area contributed by atoms with Crippen LogP contribution in [0.5, 0.6) is 0 Å². The zero-order valence-corrected chi connectivity index (χ0v) is 23.2. The maximum Gasteiger partial charge on any atom is 0.475 e. The van der Waals surface area contributed by atoms with Crippen molar-refractivity contribution in [1.82, 2.24) is 14.9 Å². The van der Waals surface area contributed by atoms with Crippen LogP contribution < -0.4 is 10.0 Å². The molecule has 3 atom stereocenters. The fourth-order valence-electron chi connectivity index (χ4n) is 4.94. The van der Waals surface area contributed by atoms with Crippen LogP contribution in [0.25, 0.3) is 0 Å². The van der Waals surface area contributed by atoms with Gasteiger partial charge in [0.2, 0.25) is 21.8 Å². The first-order chi connectivity index (χ1) is 18.0. The number of carbonyl (C=O) groups excluding carboxylic acids is 2. The highest BCUT2D eigenvalue weighted by Gasteiger charge is 2.54. The molecule has 206 valence electrons. The lowest BCUT2D eigenvalue weighted by atomic mass is 9.77. The van der Waals surface area contributed by atoms with E-state index in [9.17, 15) is 28.1 Å². The van der Waals surface area contributed by atoms with Crippen molar-refractivity contribution in [3.05, 3.63) is 65.7 Å². The Morgan fingerprint density at radius 3 is 2.24 bits per heavy atom. The zero-order chi connectivity index (χ0) is 28.1. The van der Waals surface area contributed by atoms with E-state index in [2.05, 4.69) is 10.0 Å². The summed E-state index contributed by atoms with van der Waals surface area (Å²) in [5.41, 5.74) is 0.118. The van der Waals surface area contributed by atoms with Gasteiger partial charge in [-0.2, -0.15) is 4.72 Å². The number of likely N-dealkylation sites (tertiary alicyclic amines) is 1. The predicted molar refractivity (Wildman–Crippen MR) is 146 cm³/mol. The molecule has 1 aliphatic heterocycles. The largest absolute Gasteiger partial charge is 0.475 e. The van der Waals surface area contributed by atoms with Gasteiger partial charge in [-0.15, -0.1) is 0 Å². The molecule has 0 spiro atoms. The second-order valence-electron chi connectivity index (χ2n) is 10.1. The summed E-state index contributed by atoms with van der Waals surface area (Å²) in [5.74, 6) is -2.40. The van der Waals surface area contributed by atoms with E-state index >= 15 is 0 Å². The SMILES string of the molecule is CCCc1ccc(S(=O)(=O)NC2(C(C)C)CCN(C(C(=O)NC(CC)B(O)O)c3ccccc3)C2=O)cc1. The highest BCUT2D eigenvalue weighted by atomic mass is 32.2. The smallest absolute Gasteiger partial charge is 0.426 e. The molecule has 11 heteroatoms. The van der Waals surface area contributed by atoms with Gasteiger partial charge in [0, 0.05) is 6.54 Å². The Morgan fingerprint density at radius 2 is 1.71 bits per heavy atom. The summed E-state index contributed by atoms with van der Waals surface area (Å²) < 4.78 is 29.6. The fraction of sp³-hybridized carbons (Fsp3) is 0.481. The number of carbonyl (C=O) groups is 2. The normalized spacial score (nSPS) is 19.4. The number of hydrogen-bond donors (Lipinski definition) is 4. The van der Waals surface area contributed by atoms with Crippen LogP contribution in [0.2, 0.25) is 0 Å². The van der Waals surface area contributed by atoms with Gasteiger partial charge in [0.1, 0.15) is 11.6 Å². The van der Waals surface area contributed by atoms with Gasteiger partial charge in [-0.3, -0.25) is 9.59 Å². The van der Waals surface area contributed by atoms with E-state index in [1.54, 1.807) is 75.4 Å². The molecule has 2 amide bonds. The molecule has 1 aliphatic rings. The quantitative estimate of drug-likeness (QED) is 0.303. The number of hydrogen-bond acceptors (Lipinski definition) is 6. The lowest BCUT2D eigenvalue weighted by Crippen LogP contribution is -2.58. The molecule has 0 aromatic heterocycles. The molecule has 1 heterocycles. The maximum absolute atomic E-state index is 14.0. The minimum absolute atomic E-state index is 0.0729. The standard InChI is InChI=1S/C27H38BN3O6S/c1-5-10-20-13-15-22(16-14-20)38(36,37)30-27(19(3)4)17-18-31(26(27)33)24(21-11-8-7-9-12-21)25(32)29-23(6-2)28(34)35/h7-9,11-16,19,23-24,30,34-35H,5-6,10,17-18H2,1-4H3,(H,29,32). The lowest BCUT2D eigenvalue weighted by molar-refractivity contribution is -0.141. The molecule has 3 rings (SSSR count). The van der Waals surface area contributed by atoms with Crippen LogP contribution in [0.3, 0.4) is 0 Å². The van der Waals surface area contributed by atoms with E-state index in [1.165, 1.54) is 4.90 Å². The molecule has 0 bridgehead atoms. The molecule has 2 aromatic rings. The van der Waals surface area contributed by atoms with E-state index in [0.717, 1.165) is 18.4 Å². The van der Waals surface area contributed by atoms with Gasteiger partial charge >= 0.3 is 7.12 Å². The Bertz CT molecular complexity index is 1210. The molecule has 1 saturated heterocycles. The molecular weight excluding hydrogens is 505 g/mol. The topological polar surface area (TPSA) is 136 Å². The summed E-state index contributed by atoms with van der Waals surface area (Å²) >= 11 is 0. The molecule has 0 radical (unpaired) electrons. The van der Waals surface area contributed by atoms with E-state index in [4.69, 9.17) is 0 Å². The summed E-state index contributed by atoms with van der Waals surface area (Å²) in [6.45, 7) is 7.45. The highest BCUT2D eigenvalue weighted by molar-refractivity contribution is 7.89.